The number of ketones is 1. The number of fused-ring (bicyclic) bond motifs is 1. The molecule has 0 bridgehead atoms. The minimum atomic E-state index is -1.34. The lowest BCUT2D eigenvalue weighted by molar-refractivity contribution is -0.122. The Bertz CT molecular complexity index is 697. The van der Waals surface area contributed by atoms with E-state index >= 15 is 0 Å². The van der Waals surface area contributed by atoms with Crippen LogP contribution in [-0.2, 0) is 4.79 Å². The highest BCUT2D eigenvalue weighted by Gasteiger charge is 2.29. The highest BCUT2D eigenvalue weighted by Crippen LogP contribution is 2.23. The first-order chi connectivity index (χ1) is 10.2. The van der Waals surface area contributed by atoms with Crippen LogP contribution in [0.3, 0.4) is 0 Å². The molecule has 5 nitrogen and oxygen atoms in total. The Labute approximate surface area is 122 Å². The van der Waals surface area contributed by atoms with Crippen LogP contribution >= 0.6 is 0 Å². The number of carbonyl (C=O) groups is 2. The second kappa shape index (κ2) is 6.71. The predicted octanol–water partition coefficient (Wildman–Crippen LogP) is 2.67. The predicted molar refractivity (Wildman–Crippen MR) is 77.6 cm³/mol. The normalized spacial score (nSPS) is 11.8. The van der Waals surface area contributed by atoms with Crippen LogP contribution < -0.4 is 5.32 Å². The van der Waals surface area contributed by atoms with Crippen molar-refractivity contribution in [3.63, 3.8) is 0 Å². The van der Waals surface area contributed by atoms with Crippen molar-refractivity contribution in [2.45, 2.75) is 19.8 Å². The fourth-order valence-electron chi connectivity index (χ4n) is 2.05. The van der Waals surface area contributed by atoms with Gasteiger partial charge in [-0.2, -0.15) is 5.26 Å². The Morgan fingerprint density at radius 2 is 2.14 bits per heavy atom. The third-order valence-electron chi connectivity index (χ3n) is 3.23. The second-order valence-corrected chi connectivity index (χ2v) is 4.72. The van der Waals surface area contributed by atoms with Gasteiger partial charge in [0.1, 0.15) is 11.8 Å². The number of rotatable bonds is 6. The van der Waals surface area contributed by atoms with E-state index in [-0.39, 0.29) is 5.56 Å². The number of amides is 1. The lowest BCUT2D eigenvalue weighted by atomic mass is 9.97. The maximum absolute atomic E-state index is 12.4. The van der Waals surface area contributed by atoms with Gasteiger partial charge in [-0.25, -0.2) is 0 Å². The zero-order valence-electron chi connectivity index (χ0n) is 11.8. The summed E-state index contributed by atoms with van der Waals surface area (Å²) in [5.41, 5.74) is 0.826. The van der Waals surface area contributed by atoms with Crippen molar-refractivity contribution >= 4 is 22.7 Å². The van der Waals surface area contributed by atoms with Crippen molar-refractivity contribution in [2.24, 2.45) is 5.92 Å². The van der Waals surface area contributed by atoms with Gasteiger partial charge in [0.25, 0.3) is 0 Å². The van der Waals surface area contributed by atoms with Gasteiger partial charge in [0.15, 0.2) is 11.7 Å². The standard InChI is InChI=1S/C16H16N2O3/c1-2-3-8-18-16(20)12(9-17)15(19)13-10-21-14-7-5-4-6-11(13)14/h4-7,10,12H,2-3,8H2,1H3,(H,18,20)/t12-/m1/s1. The second-order valence-electron chi connectivity index (χ2n) is 4.72. The molecule has 0 saturated heterocycles. The molecule has 1 amide bonds. The largest absolute Gasteiger partial charge is 0.464 e. The molecule has 21 heavy (non-hydrogen) atoms. The summed E-state index contributed by atoms with van der Waals surface area (Å²) in [4.78, 5) is 24.3. The van der Waals surface area contributed by atoms with Gasteiger partial charge in [0.05, 0.1) is 11.6 Å². The first-order valence-corrected chi connectivity index (χ1v) is 6.86. The number of Topliss-reactive ketones (excluding diaryl/α,β-unsaturated/α-hetero) is 1. The first kappa shape index (κ1) is 14.8. The molecule has 0 saturated carbocycles. The summed E-state index contributed by atoms with van der Waals surface area (Å²) < 4.78 is 5.28. The Morgan fingerprint density at radius 1 is 1.38 bits per heavy atom. The molecule has 1 aromatic heterocycles. The van der Waals surface area contributed by atoms with E-state index < -0.39 is 17.6 Å². The zero-order valence-corrected chi connectivity index (χ0v) is 11.8. The van der Waals surface area contributed by atoms with Crippen LogP contribution in [0.2, 0.25) is 0 Å². The SMILES string of the molecule is CCCCNC(=O)[C@H](C#N)C(=O)c1coc2ccccc12. The Balaban J connectivity index is 2.21. The highest BCUT2D eigenvalue weighted by atomic mass is 16.3. The van der Waals surface area contributed by atoms with Gasteiger partial charge in [-0.3, -0.25) is 9.59 Å². The van der Waals surface area contributed by atoms with Crippen LogP contribution in [0.25, 0.3) is 11.0 Å². The van der Waals surface area contributed by atoms with Gasteiger partial charge in [0, 0.05) is 11.9 Å². The van der Waals surface area contributed by atoms with Crippen LogP contribution in [-0.4, -0.2) is 18.2 Å². The van der Waals surface area contributed by atoms with Crippen LogP contribution in [0.1, 0.15) is 30.1 Å². The summed E-state index contributed by atoms with van der Waals surface area (Å²) in [5, 5.41) is 12.4. The van der Waals surface area contributed by atoms with Crippen molar-refractivity contribution in [3.8, 4) is 6.07 Å². The van der Waals surface area contributed by atoms with Gasteiger partial charge in [-0.05, 0) is 12.5 Å². The van der Waals surface area contributed by atoms with Crippen molar-refractivity contribution in [2.75, 3.05) is 6.54 Å². The van der Waals surface area contributed by atoms with E-state index in [2.05, 4.69) is 5.32 Å². The smallest absolute Gasteiger partial charge is 0.245 e. The summed E-state index contributed by atoms with van der Waals surface area (Å²) >= 11 is 0. The number of carbonyl (C=O) groups excluding carboxylic acids is 2. The quantitative estimate of drug-likeness (QED) is 0.502. The van der Waals surface area contributed by atoms with E-state index in [0.717, 1.165) is 12.8 Å². The fourth-order valence-corrected chi connectivity index (χ4v) is 2.05. The number of benzene rings is 1. The molecule has 0 radical (unpaired) electrons. The zero-order chi connectivity index (χ0) is 15.2. The molecule has 1 atom stereocenters. The Hall–Kier alpha value is -2.61. The molecule has 1 heterocycles. The molecule has 5 heteroatoms. The summed E-state index contributed by atoms with van der Waals surface area (Å²) in [5.74, 6) is -2.43. The van der Waals surface area contributed by atoms with Crippen molar-refractivity contribution in [1.82, 2.24) is 5.32 Å². The molecule has 0 aliphatic heterocycles. The van der Waals surface area contributed by atoms with Crippen LogP contribution in [0.4, 0.5) is 0 Å². The minimum absolute atomic E-state index is 0.266. The molecule has 2 rings (SSSR count). The van der Waals surface area contributed by atoms with E-state index in [1.54, 1.807) is 30.3 Å². The van der Waals surface area contributed by atoms with Gasteiger partial charge in [-0.15, -0.1) is 0 Å². The molecule has 1 N–H and O–H groups in total. The number of hydrogen-bond acceptors (Lipinski definition) is 4. The van der Waals surface area contributed by atoms with E-state index in [4.69, 9.17) is 9.68 Å². The van der Waals surface area contributed by atoms with Crippen molar-refractivity contribution in [3.05, 3.63) is 36.1 Å². The molecule has 0 unspecified atom stereocenters. The van der Waals surface area contributed by atoms with E-state index in [1.807, 2.05) is 6.92 Å². The highest BCUT2D eigenvalue weighted by molar-refractivity contribution is 6.17. The molecule has 0 aliphatic carbocycles. The number of para-hydroxylation sites is 1. The van der Waals surface area contributed by atoms with Crippen LogP contribution in [0.15, 0.2) is 34.9 Å². The monoisotopic (exact) mass is 284 g/mol. The molecule has 0 spiro atoms. The summed E-state index contributed by atoms with van der Waals surface area (Å²) in [6.45, 7) is 2.46. The van der Waals surface area contributed by atoms with Gasteiger partial charge in [-0.1, -0.05) is 31.5 Å². The maximum Gasteiger partial charge on any atom is 0.245 e. The van der Waals surface area contributed by atoms with Crippen molar-refractivity contribution < 1.29 is 14.0 Å². The third-order valence-corrected chi connectivity index (χ3v) is 3.23. The van der Waals surface area contributed by atoms with Crippen molar-refractivity contribution in [1.29, 1.82) is 5.26 Å². The molecule has 1 aromatic carbocycles. The lowest BCUT2D eigenvalue weighted by Gasteiger charge is -2.08. The van der Waals surface area contributed by atoms with E-state index in [0.29, 0.717) is 17.5 Å². The number of nitriles is 1. The van der Waals surface area contributed by atoms with E-state index in [1.165, 1.54) is 6.26 Å². The average molecular weight is 284 g/mol. The molecular formula is C16H16N2O3. The molecule has 2 aromatic rings. The van der Waals surface area contributed by atoms with Crippen LogP contribution in [0.5, 0.6) is 0 Å². The minimum Gasteiger partial charge on any atom is -0.464 e. The lowest BCUT2D eigenvalue weighted by Crippen LogP contribution is -2.35. The van der Waals surface area contributed by atoms with Gasteiger partial charge in [0.2, 0.25) is 5.91 Å². The first-order valence-electron chi connectivity index (χ1n) is 6.86. The topological polar surface area (TPSA) is 83.1 Å². The summed E-state index contributed by atoms with van der Waals surface area (Å²) in [7, 11) is 0. The number of hydrogen-bond donors (Lipinski definition) is 1. The summed E-state index contributed by atoms with van der Waals surface area (Å²) in [6, 6.07) is 8.81. The van der Waals surface area contributed by atoms with Crippen LogP contribution in [0, 0.1) is 17.2 Å². The molecule has 0 aliphatic rings. The Morgan fingerprint density at radius 3 is 2.86 bits per heavy atom. The average Bonchev–Trinajstić information content (AvgIpc) is 2.92. The third kappa shape index (κ3) is 3.11. The molecule has 0 fully saturated rings. The number of nitrogens with one attached hydrogen (secondary N) is 1. The Kier molecular flexibility index (Phi) is 4.72. The number of unbranched alkanes of at least 4 members (excludes halogenated alkanes) is 1. The summed E-state index contributed by atoms with van der Waals surface area (Å²) in [6.07, 6.45) is 3.04. The van der Waals surface area contributed by atoms with Gasteiger partial charge < -0.3 is 9.73 Å². The van der Waals surface area contributed by atoms with E-state index in [9.17, 15) is 9.59 Å². The number of nitrogens with zero attached hydrogens (tertiary/aromatic N) is 1. The maximum atomic E-state index is 12.4. The number of furan rings is 1. The van der Waals surface area contributed by atoms with Gasteiger partial charge >= 0.3 is 0 Å². The fraction of sp³-hybridized carbons (Fsp3) is 0.312. The molecular weight excluding hydrogens is 268 g/mol. The molecule has 108 valence electrons.